The number of unbranched alkanes of at least 4 members (excludes halogenated alkanes) is 1. The molecular formula is C12H18N4O. The Labute approximate surface area is 101 Å². The quantitative estimate of drug-likeness (QED) is 0.324. The molecule has 0 spiro atoms. The van der Waals surface area contributed by atoms with Crippen LogP contribution in [0.3, 0.4) is 0 Å². The number of allylic oxidation sites excluding steroid dienone is 1. The van der Waals surface area contributed by atoms with Gasteiger partial charge in [-0.3, -0.25) is 4.57 Å². The average molecular weight is 234 g/mol. The standard InChI is InChI=1S/C12H18N4O/c1-4-5-6-8-16-9-7-11(14-12(16)17)13-10-15(2)3/h4,7,9-10H,1,5-6,8H2,2-3H3. The molecule has 0 radical (unpaired) electrons. The van der Waals surface area contributed by atoms with Crippen LogP contribution in [-0.2, 0) is 6.54 Å². The molecule has 0 unspecified atom stereocenters. The van der Waals surface area contributed by atoms with Crippen molar-refractivity contribution in [2.24, 2.45) is 4.99 Å². The normalized spacial score (nSPS) is 10.7. The molecular weight excluding hydrogens is 216 g/mol. The number of aliphatic imine (C=N–C) groups is 1. The van der Waals surface area contributed by atoms with Crippen LogP contribution >= 0.6 is 0 Å². The summed E-state index contributed by atoms with van der Waals surface area (Å²) in [5.74, 6) is 0.434. The van der Waals surface area contributed by atoms with Crippen molar-refractivity contribution < 1.29 is 0 Å². The van der Waals surface area contributed by atoms with E-state index >= 15 is 0 Å². The first kappa shape index (κ1) is 13.2. The van der Waals surface area contributed by atoms with Crippen molar-refractivity contribution in [1.82, 2.24) is 14.5 Å². The second kappa shape index (κ2) is 6.62. The number of aryl methyl sites for hydroxylation is 1. The summed E-state index contributed by atoms with van der Waals surface area (Å²) in [6.45, 7) is 4.30. The predicted molar refractivity (Wildman–Crippen MR) is 69.8 cm³/mol. The topological polar surface area (TPSA) is 50.5 Å². The van der Waals surface area contributed by atoms with Gasteiger partial charge in [0, 0.05) is 26.8 Å². The average Bonchev–Trinajstić information content (AvgIpc) is 2.29. The van der Waals surface area contributed by atoms with Crippen LogP contribution < -0.4 is 5.69 Å². The van der Waals surface area contributed by atoms with Gasteiger partial charge in [0.05, 0.1) is 6.34 Å². The Morgan fingerprint density at radius 2 is 2.35 bits per heavy atom. The minimum absolute atomic E-state index is 0.262. The van der Waals surface area contributed by atoms with Gasteiger partial charge in [0.25, 0.3) is 0 Å². The Morgan fingerprint density at radius 3 is 2.94 bits per heavy atom. The number of hydrogen-bond acceptors (Lipinski definition) is 3. The molecule has 5 nitrogen and oxygen atoms in total. The van der Waals surface area contributed by atoms with Crippen molar-refractivity contribution in [3.63, 3.8) is 0 Å². The lowest BCUT2D eigenvalue weighted by molar-refractivity contribution is 0.613. The SMILES string of the molecule is C=CCCCn1ccc(N=CN(C)C)nc1=O. The van der Waals surface area contributed by atoms with E-state index in [1.807, 2.05) is 20.2 Å². The van der Waals surface area contributed by atoms with Crippen molar-refractivity contribution in [2.45, 2.75) is 19.4 Å². The maximum atomic E-state index is 11.6. The van der Waals surface area contributed by atoms with Gasteiger partial charge in [-0.2, -0.15) is 4.98 Å². The Balaban J connectivity index is 2.72. The lowest BCUT2D eigenvalue weighted by atomic mass is 10.3. The number of nitrogens with zero attached hydrogens (tertiary/aromatic N) is 4. The van der Waals surface area contributed by atoms with Crippen LogP contribution in [0.15, 0.2) is 34.7 Å². The number of hydrogen-bond donors (Lipinski definition) is 0. The van der Waals surface area contributed by atoms with Crippen LogP contribution in [-0.4, -0.2) is 34.9 Å². The predicted octanol–water partition coefficient (Wildman–Crippen LogP) is 1.43. The lowest BCUT2D eigenvalue weighted by Gasteiger charge is -2.04. The van der Waals surface area contributed by atoms with E-state index in [0.717, 1.165) is 12.8 Å². The zero-order valence-electron chi connectivity index (χ0n) is 10.3. The van der Waals surface area contributed by atoms with Crippen LogP contribution in [0.25, 0.3) is 0 Å². The fourth-order valence-electron chi connectivity index (χ4n) is 1.24. The summed E-state index contributed by atoms with van der Waals surface area (Å²) in [5.41, 5.74) is -0.262. The van der Waals surface area contributed by atoms with E-state index in [1.54, 1.807) is 28.1 Å². The largest absolute Gasteiger partial charge is 0.369 e. The first-order chi connectivity index (χ1) is 8.13. The summed E-state index contributed by atoms with van der Waals surface area (Å²) in [7, 11) is 3.72. The van der Waals surface area contributed by atoms with Crippen LogP contribution in [0.2, 0.25) is 0 Å². The number of aromatic nitrogens is 2. The van der Waals surface area contributed by atoms with E-state index in [4.69, 9.17) is 0 Å². The van der Waals surface area contributed by atoms with Gasteiger partial charge in [-0.25, -0.2) is 9.79 Å². The molecule has 0 atom stereocenters. The maximum absolute atomic E-state index is 11.6. The molecule has 0 fully saturated rings. The Bertz CT molecular complexity index is 448. The van der Waals surface area contributed by atoms with Gasteiger partial charge in [-0.05, 0) is 18.9 Å². The van der Waals surface area contributed by atoms with Crippen LogP contribution in [0, 0.1) is 0 Å². The van der Waals surface area contributed by atoms with E-state index in [1.165, 1.54) is 0 Å². The zero-order chi connectivity index (χ0) is 12.7. The highest BCUT2D eigenvalue weighted by atomic mass is 16.1. The van der Waals surface area contributed by atoms with Crippen molar-refractivity contribution in [1.29, 1.82) is 0 Å². The zero-order valence-corrected chi connectivity index (χ0v) is 10.3. The Hall–Kier alpha value is -1.91. The maximum Gasteiger partial charge on any atom is 0.349 e. The molecule has 92 valence electrons. The minimum Gasteiger partial charge on any atom is -0.369 e. The fourth-order valence-corrected chi connectivity index (χ4v) is 1.24. The summed E-state index contributed by atoms with van der Waals surface area (Å²) >= 11 is 0. The van der Waals surface area contributed by atoms with Gasteiger partial charge >= 0.3 is 5.69 Å². The number of rotatable bonds is 6. The first-order valence-electron chi connectivity index (χ1n) is 5.52. The summed E-state index contributed by atoms with van der Waals surface area (Å²) in [6.07, 6.45) is 6.97. The van der Waals surface area contributed by atoms with Gasteiger partial charge < -0.3 is 4.90 Å². The van der Waals surface area contributed by atoms with Gasteiger partial charge in [-0.15, -0.1) is 6.58 Å². The molecule has 0 saturated heterocycles. The van der Waals surface area contributed by atoms with Crippen LogP contribution in [0.1, 0.15) is 12.8 Å². The summed E-state index contributed by atoms with van der Waals surface area (Å²) in [6, 6.07) is 1.73. The third kappa shape index (κ3) is 4.63. The van der Waals surface area contributed by atoms with E-state index in [-0.39, 0.29) is 5.69 Å². The smallest absolute Gasteiger partial charge is 0.349 e. The molecule has 0 N–H and O–H groups in total. The van der Waals surface area contributed by atoms with E-state index in [9.17, 15) is 4.79 Å². The molecule has 1 heterocycles. The Morgan fingerprint density at radius 1 is 1.59 bits per heavy atom. The van der Waals surface area contributed by atoms with Crippen molar-refractivity contribution >= 4 is 12.2 Å². The second-order valence-corrected chi connectivity index (χ2v) is 3.90. The molecule has 1 aromatic rings. The monoisotopic (exact) mass is 234 g/mol. The van der Waals surface area contributed by atoms with Gasteiger partial charge in [0.15, 0.2) is 5.82 Å². The van der Waals surface area contributed by atoms with Crippen molar-refractivity contribution in [2.75, 3.05) is 14.1 Å². The minimum atomic E-state index is -0.262. The van der Waals surface area contributed by atoms with Crippen LogP contribution in [0.5, 0.6) is 0 Å². The van der Waals surface area contributed by atoms with E-state index < -0.39 is 0 Å². The highest BCUT2D eigenvalue weighted by Gasteiger charge is 1.98. The second-order valence-electron chi connectivity index (χ2n) is 3.90. The molecule has 1 rings (SSSR count). The lowest BCUT2D eigenvalue weighted by Crippen LogP contribution is -2.21. The van der Waals surface area contributed by atoms with Crippen LogP contribution in [0.4, 0.5) is 5.82 Å². The van der Waals surface area contributed by atoms with Gasteiger partial charge in [-0.1, -0.05) is 6.08 Å². The first-order valence-corrected chi connectivity index (χ1v) is 5.52. The highest BCUT2D eigenvalue weighted by molar-refractivity contribution is 5.58. The molecule has 0 bridgehead atoms. The summed E-state index contributed by atoms with van der Waals surface area (Å²) in [4.78, 5) is 21.4. The molecule has 0 aliphatic carbocycles. The van der Waals surface area contributed by atoms with Gasteiger partial charge in [0.1, 0.15) is 0 Å². The fraction of sp³-hybridized carbons (Fsp3) is 0.417. The molecule has 0 aliphatic rings. The summed E-state index contributed by atoms with van der Waals surface area (Å²) in [5, 5.41) is 0. The molecule has 0 amide bonds. The molecule has 0 aromatic carbocycles. The van der Waals surface area contributed by atoms with Crippen molar-refractivity contribution in [3.05, 3.63) is 35.4 Å². The van der Waals surface area contributed by atoms with E-state index in [0.29, 0.717) is 12.4 Å². The molecule has 17 heavy (non-hydrogen) atoms. The van der Waals surface area contributed by atoms with Gasteiger partial charge in [0.2, 0.25) is 0 Å². The molecule has 0 aliphatic heterocycles. The molecule has 1 aromatic heterocycles. The van der Waals surface area contributed by atoms with Crippen molar-refractivity contribution in [3.8, 4) is 0 Å². The summed E-state index contributed by atoms with van der Waals surface area (Å²) < 4.78 is 1.58. The third-order valence-corrected chi connectivity index (χ3v) is 2.09. The highest BCUT2D eigenvalue weighted by Crippen LogP contribution is 2.02. The molecule has 0 saturated carbocycles. The van der Waals surface area contributed by atoms with E-state index in [2.05, 4.69) is 16.6 Å². The Kier molecular flexibility index (Phi) is 5.13. The third-order valence-electron chi connectivity index (χ3n) is 2.09. The molecule has 5 heteroatoms.